The predicted molar refractivity (Wildman–Crippen MR) is 109 cm³/mol. The molecule has 2 aromatic rings. The molecule has 0 bridgehead atoms. The maximum Gasteiger partial charge on any atom is 0.0366 e. The monoisotopic (exact) mass is 326 g/mol. The van der Waals surface area contributed by atoms with Gasteiger partial charge in [0.15, 0.2) is 0 Å². The van der Waals surface area contributed by atoms with Gasteiger partial charge in [-0.25, -0.2) is 0 Å². The molecule has 24 heavy (non-hydrogen) atoms. The van der Waals surface area contributed by atoms with E-state index < -0.39 is 0 Å². The van der Waals surface area contributed by atoms with Crippen molar-refractivity contribution >= 4 is 11.4 Å². The Balaban J connectivity index is 0.000000243. The molecule has 2 heteroatoms. The minimum Gasteiger partial charge on any atom is -0.372 e. The van der Waals surface area contributed by atoms with E-state index in [-0.39, 0.29) is 0 Å². The van der Waals surface area contributed by atoms with Gasteiger partial charge in [0.25, 0.3) is 0 Å². The van der Waals surface area contributed by atoms with E-state index in [1.165, 1.54) is 24.2 Å². The van der Waals surface area contributed by atoms with Gasteiger partial charge in [-0.2, -0.15) is 0 Å². The molecule has 0 N–H and O–H groups in total. The Morgan fingerprint density at radius 2 is 1.12 bits per heavy atom. The Labute approximate surface area is 149 Å². The summed E-state index contributed by atoms with van der Waals surface area (Å²) in [6, 6.07) is 21.6. The van der Waals surface area contributed by atoms with Gasteiger partial charge in [-0.1, -0.05) is 50.2 Å². The summed E-state index contributed by atoms with van der Waals surface area (Å²) in [4.78, 5) is 4.69. The molecule has 0 amide bonds. The highest BCUT2D eigenvalue weighted by atomic mass is 15.1. The fourth-order valence-corrected chi connectivity index (χ4v) is 2.51. The van der Waals surface area contributed by atoms with E-state index in [2.05, 4.69) is 99.1 Å². The summed E-state index contributed by atoms with van der Waals surface area (Å²) in [5.41, 5.74) is 2.63. The van der Waals surface area contributed by atoms with Crippen LogP contribution in [0.4, 0.5) is 11.4 Å². The largest absolute Gasteiger partial charge is 0.372 e. The van der Waals surface area contributed by atoms with Crippen molar-refractivity contribution in [1.29, 1.82) is 0 Å². The number of hydrogen-bond donors (Lipinski definition) is 0. The molecule has 0 saturated heterocycles. The first-order valence-electron chi connectivity index (χ1n) is 9.18. The van der Waals surface area contributed by atoms with E-state index in [9.17, 15) is 0 Å². The van der Waals surface area contributed by atoms with E-state index in [1.807, 2.05) is 6.07 Å². The number of hydrogen-bond acceptors (Lipinski definition) is 2. The normalized spacial score (nSPS) is 10.1. The molecule has 0 spiro atoms. The van der Waals surface area contributed by atoms with Crippen molar-refractivity contribution in [3.63, 3.8) is 0 Å². The van der Waals surface area contributed by atoms with Crippen LogP contribution in [0.5, 0.6) is 0 Å². The SMILES string of the molecule is CC(C)N(C)c1ccccc1.CCCN(CCC)c1ccccc1. The second-order valence-corrected chi connectivity index (χ2v) is 6.36. The lowest BCUT2D eigenvalue weighted by atomic mass is 10.2. The predicted octanol–water partition coefficient (Wildman–Crippen LogP) is 5.84. The molecular weight excluding hydrogens is 292 g/mol. The van der Waals surface area contributed by atoms with Crippen LogP contribution in [0, 0.1) is 0 Å². The molecule has 132 valence electrons. The highest BCUT2D eigenvalue weighted by Crippen LogP contribution is 2.14. The minimum absolute atomic E-state index is 0.567. The van der Waals surface area contributed by atoms with Crippen LogP contribution in [0.25, 0.3) is 0 Å². The fraction of sp³-hybridized carbons (Fsp3) is 0.455. The lowest BCUT2D eigenvalue weighted by Crippen LogP contribution is -2.25. The molecule has 0 aliphatic rings. The molecule has 0 atom stereocenters. The zero-order valence-corrected chi connectivity index (χ0v) is 16.1. The van der Waals surface area contributed by atoms with Crippen LogP contribution in [-0.2, 0) is 0 Å². The zero-order chi connectivity index (χ0) is 17.8. The summed E-state index contributed by atoms with van der Waals surface area (Å²) >= 11 is 0. The second kappa shape index (κ2) is 11.6. The Morgan fingerprint density at radius 3 is 1.50 bits per heavy atom. The van der Waals surface area contributed by atoms with Crippen LogP contribution in [0.15, 0.2) is 60.7 Å². The number of rotatable bonds is 7. The molecule has 2 rings (SSSR count). The first kappa shape index (κ1) is 20.1. The maximum atomic E-state index is 2.44. The standard InChI is InChI=1S/C12H19N.C10H15N/c1-3-10-13(11-4-2)12-8-6-5-7-9-12;1-9(2)11(3)10-7-5-4-6-8-10/h5-9H,3-4,10-11H2,1-2H3;4-9H,1-3H3. The molecule has 0 aromatic heterocycles. The van der Waals surface area contributed by atoms with Crippen molar-refractivity contribution in [3.05, 3.63) is 60.7 Å². The Kier molecular flexibility index (Phi) is 9.67. The van der Waals surface area contributed by atoms with E-state index in [0.717, 1.165) is 13.1 Å². The molecule has 0 radical (unpaired) electrons. The van der Waals surface area contributed by atoms with Gasteiger partial charge in [0.05, 0.1) is 0 Å². The average Bonchev–Trinajstić information content (AvgIpc) is 2.63. The quantitative estimate of drug-likeness (QED) is 0.630. The summed E-state index contributed by atoms with van der Waals surface area (Å²) in [5.74, 6) is 0. The van der Waals surface area contributed by atoms with Crippen molar-refractivity contribution in [2.75, 3.05) is 29.9 Å². The molecule has 0 aliphatic heterocycles. The second-order valence-electron chi connectivity index (χ2n) is 6.36. The highest BCUT2D eigenvalue weighted by Gasteiger charge is 2.02. The third kappa shape index (κ3) is 7.08. The maximum absolute atomic E-state index is 2.44. The molecule has 0 unspecified atom stereocenters. The van der Waals surface area contributed by atoms with Gasteiger partial charge in [0.2, 0.25) is 0 Å². The number of benzene rings is 2. The number of anilines is 2. The van der Waals surface area contributed by atoms with Crippen molar-refractivity contribution in [3.8, 4) is 0 Å². The van der Waals surface area contributed by atoms with Gasteiger partial charge in [-0.15, -0.1) is 0 Å². The Bertz CT molecular complexity index is 516. The number of nitrogens with zero attached hydrogens (tertiary/aromatic N) is 2. The smallest absolute Gasteiger partial charge is 0.0366 e. The summed E-state index contributed by atoms with van der Waals surface area (Å²) in [7, 11) is 2.11. The molecule has 2 nitrogen and oxygen atoms in total. The van der Waals surface area contributed by atoms with Crippen LogP contribution in [0.2, 0.25) is 0 Å². The van der Waals surface area contributed by atoms with Crippen LogP contribution in [0.3, 0.4) is 0 Å². The van der Waals surface area contributed by atoms with Crippen LogP contribution in [0.1, 0.15) is 40.5 Å². The minimum atomic E-state index is 0.567. The van der Waals surface area contributed by atoms with Gasteiger partial charge in [-0.3, -0.25) is 0 Å². The Morgan fingerprint density at radius 1 is 0.708 bits per heavy atom. The third-order valence-corrected chi connectivity index (χ3v) is 4.05. The lowest BCUT2D eigenvalue weighted by Gasteiger charge is -2.23. The van der Waals surface area contributed by atoms with E-state index >= 15 is 0 Å². The third-order valence-electron chi connectivity index (χ3n) is 4.05. The molecule has 0 saturated carbocycles. The molecule has 2 aromatic carbocycles. The van der Waals surface area contributed by atoms with Crippen molar-refractivity contribution in [1.82, 2.24) is 0 Å². The lowest BCUT2D eigenvalue weighted by molar-refractivity contribution is 0.745. The van der Waals surface area contributed by atoms with Crippen molar-refractivity contribution < 1.29 is 0 Å². The highest BCUT2D eigenvalue weighted by molar-refractivity contribution is 5.46. The van der Waals surface area contributed by atoms with Crippen LogP contribution in [-0.4, -0.2) is 26.2 Å². The summed E-state index contributed by atoms with van der Waals surface area (Å²) in [6.07, 6.45) is 2.43. The van der Waals surface area contributed by atoms with Crippen molar-refractivity contribution in [2.45, 2.75) is 46.6 Å². The van der Waals surface area contributed by atoms with E-state index in [0.29, 0.717) is 6.04 Å². The number of para-hydroxylation sites is 2. The van der Waals surface area contributed by atoms with Crippen LogP contribution < -0.4 is 9.80 Å². The summed E-state index contributed by atoms with van der Waals surface area (Å²) < 4.78 is 0. The molecule has 0 aliphatic carbocycles. The molecule has 0 heterocycles. The summed E-state index contributed by atoms with van der Waals surface area (Å²) in [5, 5.41) is 0. The zero-order valence-electron chi connectivity index (χ0n) is 16.1. The van der Waals surface area contributed by atoms with Crippen molar-refractivity contribution in [2.24, 2.45) is 0 Å². The molecular formula is C22H34N2. The van der Waals surface area contributed by atoms with Gasteiger partial charge in [0, 0.05) is 37.6 Å². The molecule has 0 fully saturated rings. The first-order valence-corrected chi connectivity index (χ1v) is 9.18. The fourth-order valence-electron chi connectivity index (χ4n) is 2.51. The van der Waals surface area contributed by atoms with Gasteiger partial charge in [0.1, 0.15) is 0 Å². The van der Waals surface area contributed by atoms with Crippen LogP contribution >= 0.6 is 0 Å². The topological polar surface area (TPSA) is 6.48 Å². The first-order chi connectivity index (χ1) is 11.6. The van der Waals surface area contributed by atoms with Gasteiger partial charge in [-0.05, 0) is 51.0 Å². The average molecular weight is 327 g/mol. The Hall–Kier alpha value is -1.96. The van der Waals surface area contributed by atoms with E-state index in [4.69, 9.17) is 0 Å². The summed E-state index contributed by atoms with van der Waals surface area (Å²) in [6.45, 7) is 11.2. The van der Waals surface area contributed by atoms with E-state index in [1.54, 1.807) is 0 Å². The van der Waals surface area contributed by atoms with Gasteiger partial charge >= 0.3 is 0 Å². The van der Waals surface area contributed by atoms with Gasteiger partial charge < -0.3 is 9.80 Å².